The van der Waals surface area contributed by atoms with E-state index in [-0.39, 0.29) is 18.3 Å². The lowest BCUT2D eigenvalue weighted by Crippen LogP contribution is -2.17. The lowest BCUT2D eigenvalue weighted by Gasteiger charge is -2.14. The summed E-state index contributed by atoms with van der Waals surface area (Å²) in [5.74, 6) is 1.09. The van der Waals surface area contributed by atoms with Crippen molar-refractivity contribution in [1.82, 2.24) is 5.32 Å². The van der Waals surface area contributed by atoms with Gasteiger partial charge in [0.1, 0.15) is 0 Å². The van der Waals surface area contributed by atoms with Crippen LogP contribution in [0.15, 0.2) is 42.5 Å². The van der Waals surface area contributed by atoms with Gasteiger partial charge in [-0.25, -0.2) is 0 Å². The quantitative estimate of drug-likeness (QED) is 0.617. The third-order valence-electron chi connectivity index (χ3n) is 3.80. The Morgan fingerprint density at radius 2 is 1.78 bits per heavy atom. The molecule has 6 heteroatoms. The van der Waals surface area contributed by atoms with Gasteiger partial charge >= 0.3 is 0 Å². The first-order valence-corrected chi connectivity index (χ1v) is 9.19. The Bertz CT molecular complexity index is 722. The maximum atomic E-state index is 12.7. The molecule has 0 aromatic heterocycles. The highest BCUT2D eigenvalue weighted by Crippen LogP contribution is 2.29. The minimum Gasteiger partial charge on any atom is -0.490 e. The van der Waals surface area contributed by atoms with Crippen LogP contribution in [0, 0.1) is 0 Å². The van der Waals surface area contributed by atoms with E-state index in [0.717, 1.165) is 24.2 Å². The van der Waals surface area contributed by atoms with Crippen molar-refractivity contribution < 1.29 is 14.3 Å². The Labute approximate surface area is 167 Å². The van der Waals surface area contributed by atoms with Crippen molar-refractivity contribution in [2.75, 3.05) is 25.1 Å². The Morgan fingerprint density at radius 1 is 1.00 bits per heavy atom. The SMILES string of the molecule is CCCOc1ccc(C(=O)Nc2ccccc2CNCC)cc1OCC.Cl. The van der Waals surface area contributed by atoms with Crippen molar-refractivity contribution in [3.63, 3.8) is 0 Å². The second-order valence-electron chi connectivity index (χ2n) is 5.83. The second-order valence-corrected chi connectivity index (χ2v) is 5.83. The molecular weight excluding hydrogens is 364 g/mol. The molecular formula is C21H29ClN2O3. The summed E-state index contributed by atoms with van der Waals surface area (Å²) in [5, 5.41) is 6.28. The predicted molar refractivity (Wildman–Crippen MR) is 112 cm³/mol. The Kier molecular flexibility index (Phi) is 10.3. The number of benzene rings is 2. The third kappa shape index (κ3) is 6.77. The predicted octanol–water partition coefficient (Wildman–Crippen LogP) is 4.66. The van der Waals surface area contributed by atoms with Gasteiger partial charge in [-0.05, 0) is 49.7 Å². The van der Waals surface area contributed by atoms with Crippen molar-refractivity contribution in [3.05, 3.63) is 53.6 Å². The van der Waals surface area contributed by atoms with Gasteiger partial charge in [0.15, 0.2) is 11.5 Å². The molecule has 0 spiro atoms. The third-order valence-corrected chi connectivity index (χ3v) is 3.80. The van der Waals surface area contributed by atoms with Gasteiger partial charge in [0.25, 0.3) is 5.91 Å². The zero-order valence-electron chi connectivity index (χ0n) is 16.2. The molecule has 0 bridgehead atoms. The van der Waals surface area contributed by atoms with Crippen LogP contribution in [0.3, 0.4) is 0 Å². The van der Waals surface area contributed by atoms with E-state index in [0.29, 0.717) is 36.8 Å². The van der Waals surface area contributed by atoms with Gasteiger partial charge < -0.3 is 20.1 Å². The molecule has 0 fully saturated rings. The lowest BCUT2D eigenvalue weighted by atomic mass is 10.1. The zero-order chi connectivity index (χ0) is 18.8. The molecule has 0 aliphatic rings. The van der Waals surface area contributed by atoms with Gasteiger partial charge in [0, 0.05) is 17.8 Å². The number of hydrogen-bond donors (Lipinski definition) is 2. The van der Waals surface area contributed by atoms with E-state index in [1.54, 1.807) is 18.2 Å². The number of rotatable bonds is 10. The maximum Gasteiger partial charge on any atom is 0.255 e. The minimum atomic E-state index is -0.169. The van der Waals surface area contributed by atoms with Crippen LogP contribution in [0.1, 0.15) is 43.1 Å². The van der Waals surface area contributed by atoms with E-state index in [9.17, 15) is 4.79 Å². The number of hydrogen-bond acceptors (Lipinski definition) is 4. The highest BCUT2D eigenvalue weighted by molar-refractivity contribution is 6.05. The Balaban J connectivity index is 0.00000364. The Morgan fingerprint density at radius 3 is 2.48 bits per heavy atom. The number of halogens is 1. The second kappa shape index (κ2) is 12.2. The van der Waals surface area contributed by atoms with E-state index in [2.05, 4.69) is 17.6 Å². The highest BCUT2D eigenvalue weighted by Gasteiger charge is 2.13. The molecule has 0 heterocycles. The van der Waals surface area contributed by atoms with Crippen LogP contribution in [0.2, 0.25) is 0 Å². The fourth-order valence-electron chi connectivity index (χ4n) is 2.50. The molecule has 0 aliphatic carbocycles. The van der Waals surface area contributed by atoms with Gasteiger partial charge in [-0.2, -0.15) is 0 Å². The van der Waals surface area contributed by atoms with Crippen molar-refractivity contribution in [2.24, 2.45) is 0 Å². The van der Waals surface area contributed by atoms with E-state index in [4.69, 9.17) is 9.47 Å². The number of amides is 1. The van der Waals surface area contributed by atoms with Crippen LogP contribution in [-0.4, -0.2) is 25.7 Å². The molecule has 2 N–H and O–H groups in total. The van der Waals surface area contributed by atoms with Gasteiger partial charge in [0.05, 0.1) is 13.2 Å². The van der Waals surface area contributed by atoms with Crippen LogP contribution in [0.4, 0.5) is 5.69 Å². The largest absolute Gasteiger partial charge is 0.490 e. The lowest BCUT2D eigenvalue weighted by molar-refractivity contribution is 0.102. The molecule has 0 saturated carbocycles. The first-order chi connectivity index (χ1) is 12.7. The summed E-state index contributed by atoms with van der Waals surface area (Å²) >= 11 is 0. The fraction of sp³-hybridized carbons (Fsp3) is 0.381. The molecule has 2 aromatic rings. The summed E-state index contributed by atoms with van der Waals surface area (Å²) in [5.41, 5.74) is 2.40. The normalized spacial score (nSPS) is 10.0. The summed E-state index contributed by atoms with van der Waals surface area (Å²) in [6, 6.07) is 13.1. The molecule has 5 nitrogen and oxygen atoms in total. The van der Waals surface area contributed by atoms with Crippen molar-refractivity contribution >= 4 is 24.0 Å². The first kappa shape index (κ1) is 22.8. The molecule has 0 unspecified atom stereocenters. The number of carbonyl (C=O) groups is 1. The summed E-state index contributed by atoms with van der Waals surface area (Å²) in [6.07, 6.45) is 0.913. The molecule has 0 radical (unpaired) electrons. The summed E-state index contributed by atoms with van der Waals surface area (Å²) in [4.78, 5) is 12.7. The van der Waals surface area contributed by atoms with Crippen molar-refractivity contribution in [2.45, 2.75) is 33.7 Å². The van der Waals surface area contributed by atoms with Gasteiger partial charge in [-0.3, -0.25) is 4.79 Å². The van der Waals surface area contributed by atoms with Gasteiger partial charge in [-0.1, -0.05) is 32.0 Å². The number of nitrogens with one attached hydrogen (secondary N) is 2. The van der Waals surface area contributed by atoms with Crippen LogP contribution in [0.5, 0.6) is 11.5 Å². The number of ether oxygens (including phenoxy) is 2. The van der Waals surface area contributed by atoms with Crippen LogP contribution in [0.25, 0.3) is 0 Å². The van der Waals surface area contributed by atoms with E-state index >= 15 is 0 Å². The first-order valence-electron chi connectivity index (χ1n) is 9.19. The van der Waals surface area contributed by atoms with Crippen LogP contribution in [-0.2, 0) is 6.54 Å². The highest BCUT2D eigenvalue weighted by atomic mass is 35.5. The molecule has 2 aromatic carbocycles. The molecule has 1 amide bonds. The minimum absolute atomic E-state index is 0. The van der Waals surface area contributed by atoms with E-state index in [1.165, 1.54) is 0 Å². The van der Waals surface area contributed by atoms with Crippen molar-refractivity contribution in [3.8, 4) is 11.5 Å². The maximum absolute atomic E-state index is 12.7. The van der Waals surface area contributed by atoms with Crippen LogP contribution < -0.4 is 20.1 Å². The van der Waals surface area contributed by atoms with E-state index in [1.807, 2.05) is 38.1 Å². The smallest absolute Gasteiger partial charge is 0.255 e. The summed E-state index contributed by atoms with van der Waals surface area (Å²) in [7, 11) is 0. The summed E-state index contributed by atoms with van der Waals surface area (Å²) in [6.45, 7) is 8.72. The number of para-hydroxylation sites is 1. The van der Waals surface area contributed by atoms with Gasteiger partial charge in [0.2, 0.25) is 0 Å². The van der Waals surface area contributed by atoms with E-state index < -0.39 is 0 Å². The number of carbonyl (C=O) groups excluding carboxylic acids is 1. The molecule has 0 atom stereocenters. The number of anilines is 1. The average Bonchev–Trinajstić information content (AvgIpc) is 2.66. The Hall–Kier alpha value is -2.24. The zero-order valence-corrected chi connectivity index (χ0v) is 17.0. The molecule has 148 valence electrons. The van der Waals surface area contributed by atoms with Crippen molar-refractivity contribution in [1.29, 1.82) is 0 Å². The molecule has 0 saturated heterocycles. The monoisotopic (exact) mass is 392 g/mol. The fourth-order valence-corrected chi connectivity index (χ4v) is 2.50. The molecule has 27 heavy (non-hydrogen) atoms. The molecule has 2 rings (SSSR count). The molecule has 0 aliphatic heterocycles. The van der Waals surface area contributed by atoms with Gasteiger partial charge in [-0.15, -0.1) is 12.4 Å². The topological polar surface area (TPSA) is 59.6 Å². The standard InChI is InChI=1S/C21H28N2O3.ClH/c1-4-13-26-19-12-11-16(14-20(19)25-6-3)21(24)23-18-10-8-7-9-17(18)15-22-5-2;/h7-12,14,22H,4-6,13,15H2,1-3H3,(H,23,24);1H. The van der Waals surface area contributed by atoms with Crippen LogP contribution >= 0.6 is 12.4 Å². The average molecular weight is 393 g/mol. The summed E-state index contributed by atoms with van der Waals surface area (Å²) < 4.78 is 11.3.